The van der Waals surface area contributed by atoms with Crippen LogP contribution >= 0.6 is 0 Å². The maximum absolute atomic E-state index is 13.2. The number of amides is 1. The van der Waals surface area contributed by atoms with Crippen LogP contribution in [-0.4, -0.2) is 58.5 Å². The molecular formula is C29H30N6O. The van der Waals surface area contributed by atoms with Crippen molar-refractivity contribution in [2.45, 2.75) is 13.0 Å². The first-order valence-electron chi connectivity index (χ1n) is 12.4. The lowest BCUT2D eigenvalue weighted by molar-refractivity contribution is 0.0953. The normalized spacial score (nSPS) is 13.9. The van der Waals surface area contributed by atoms with Crippen LogP contribution in [0.3, 0.4) is 0 Å². The quantitative estimate of drug-likeness (QED) is 0.415. The van der Waals surface area contributed by atoms with Crippen LogP contribution in [0, 0.1) is 0 Å². The Kier molecular flexibility index (Phi) is 7.58. The SMILES string of the molecule is O=C(NCCc1ccccn1)c1cnc(-c2ccccc2)nc1N1CCN(Cc2ccccc2)CC1. The number of hydrogen-bond acceptors (Lipinski definition) is 6. The zero-order valence-electron chi connectivity index (χ0n) is 20.3. The summed E-state index contributed by atoms with van der Waals surface area (Å²) >= 11 is 0. The minimum atomic E-state index is -0.160. The van der Waals surface area contributed by atoms with Crippen molar-refractivity contribution in [2.75, 3.05) is 37.6 Å². The van der Waals surface area contributed by atoms with Gasteiger partial charge < -0.3 is 10.2 Å². The number of benzene rings is 2. The first-order valence-corrected chi connectivity index (χ1v) is 12.4. The molecule has 36 heavy (non-hydrogen) atoms. The predicted molar refractivity (Wildman–Crippen MR) is 142 cm³/mol. The molecule has 1 amide bonds. The third kappa shape index (κ3) is 5.93. The van der Waals surface area contributed by atoms with Gasteiger partial charge in [0, 0.05) is 69.3 Å². The highest BCUT2D eigenvalue weighted by atomic mass is 16.1. The Bertz CT molecular complexity index is 1260. The number of carbonyl (C=O) groups is 1. The molecule has 0 atom stereocenters. The molecule has 5 rings (SSSR count). The zero-order chi connectivity index (χ0) is 24.6. The van der Waals surface area contributed by atoms with Crippen molar-refractivity contribution in [2.24, 2.45) is 0 Å². The number of anilines is 1. The van der Waals surface area contributed by atoms with E-state index in [0.29, 0.717) is 30.2 Å². The van der Waals surface area contributed by atoms with Crippen LogP contribution in [0.2, 0.25) is 0 Å². The van der Waals surface area contributed by atoms with E-state index in [2.05, 4.69) is 49.4 Å². The van der Waals surface area contributed by atoms with Crippen molar-refractivity contribution < 1.29 is 4.79 Å². The number of piperazine rings is 1. The molecule has 182 valence electrons. The van der Waals surface area contributed by atoms with Gasteiger partial charge in [-0.25, -0.2) is 9.97 Å². The molecular weight excluding hydrogens is 448 g/mol. The Morgan fingerprint density at radius 2 is 1.56 bits per heavy atom. The summed E-state index contributed by atoms with van der Waals surface area (Å²) in [4.78, 5) is 31.6. The van der Waals surface area contributed by atoms with Crippen molar-refractivity contribution in [3.63, 3.8) is 0 Å². The lowest BCUT2D eigenvalue weighted by Crippen LogP contribution is -2.47. The molecule has 7 nitrogen and oxygen atoms in total. The van der Waals surface area contributed by atoms with E-state index in [1.165, 1.54) is 5.56 Å². The lowest BCUT2D eigenvalue weighted by atomic mass is 10.1. The van der Waals surface area contributed by atoms with Gasteiger partial charge in [0.25, 0.3) is 5.91 Å². The van der Waals surface area contributed by atoms with E-state index in [0.717, 1.165) is 44.0 Å². The zero-order valence-corrected chi connectivity index (χ0v) is 20.3. The fourth-order valence-corrected chi connectivity index (χ4v) is 4.41. The predicted octanol–water partition coefficient (Wildman–Crippen LogP) is 3.83. The molecule has 1 saturated heterocycles. The average molecular weight is 479 g/mol. The van der Waals surface area contributed by atoms with Crippen LogP contribution in [-0.2, 0) is 13.0 Å². The van der Waals surface area contributed by atoms with Crippen LogP contribution in [0.1, 0.15) is 21.6 Å². The van der Waals surface area contributed by atoms with E-state index in [1.807, 2.05) is 54.6 Å². The highest BCUT2D eigenvalue weighted by Crippen LogP contribution is 2.24. The average Bonchev–Trinajstić information content (AvgIpc) is 2.95. The highest BCUT2D eigenvalue weighted by molar-refractivity contribution is 5.99. The maximum atomic E-state index is 13.2. The van der Waals surface area contributed by atoms with Gasteiger partial charge in [-0.05, 0) is 17.7 Å². The second-order valence-electron chi connectivity index (χ2n) is 8.87. The van der Waals surface area contributed by atoms with Crippen LogP contribution < -0.4 is 10.2 Å². The number of hydrogen-bond donors (Lipinski definition) is 1. The number of nitrogens with zero attached hydrogens (tertiary/aromatic N) is 5. The molecule has 0 saturated carbocycles. The van der Waals surface area contributed by atoms with Crippen molar-refractivity contribution >= 4 is 11.7 Å². The molecule has 0 unspecified atom stereocenters. The topological polar surface area (TPSA) is 74.2 Å². The molecule has 0 radical (unpaired) electrons. The van der Waals surface area contributed by atoms with Crippen LogP contribution in [0.4, 0.5) is 5.82 Å². The molecule has 1 fully saturated rings. The van der Waals surface area contributed by atoms with Crippen LogP contribution in [0.5, 0.6) is 0 Å². The molecule has 0 bridgehead atoms. The van der Waals surface area contributed by atoms with Gasteiger partial charge in [0.15, 0.2) is 5.82 Å². The van der Waals surface area contributed by atoms with Gasteiger partial charge in [-0.15, -0.1) is 0 Å². The molecule has 7 heteroatoms. The number of aromatic nitrogens is 3. The fraction of sp³-hybridized carbons (Fsp3) is 0.241. The van der Waals surface area contributed by atoms with E-state index in [9.17, 15) is 4.79 Å². The summed E-state index contributed by atoms with van der Waals surface area (Å²) in [7, 11) is 0. The smallest absolute Gasteiger partial charge is 0.256 e. The van der Waals surface area contributed by atoms with E-state index >= 15 is 0 Å². The molecule has 3 heterocycles. The van der Waals surface area contributed by atoms with Crippen LogP contribution in [0.25, 0.3) is 11.4 Å². The monoisotopic (exact) mass is 478 g/mol. The first kappa shape index (κ1) is 23.6. The summed E-state index contributed by atoms with van der Waals surface area (Å²) in [5, 5.41) is 3.03. The standard InChI is InChI=1S/C29H30N6O/c36-29(31-16-14-25-13-7-8-15-30-25)26-21-32-27(24-11-5-2-6-12-24)33-28(26)35-19-17-34(18-20-35)22-23-9-3-1-4-10-23/h1-13,15,21H,14,16-20,22H2,(H,31,36). The molecule has 1 aliphatic heterocycles. The Morgan fingerprint density at radius 1 is 0.833 bits per heavy atom. The number of pyridine rings is 1. The van der Waals surface area contributed by atoms with Gasteiger partial charge in [-0.2, -0.15) is 0 Å². The Hall–Kier alpha value is -4.10. The molecule has 4 aromatic rings. The minimum Gasteiger partial charge on any atom is -0.353 e. The second-order valence-corrected chi connectivity index (χ2v) is 8.87. The van der Waals surface area contributed by atoms with Gasteiger partial charge in [-0.1, -0.05) is 66.7 Å². The Balaban J connectivity index is 1.31. The Morgan fingerprint density at radius 3 is 2.28 bits per heavy atom. The van der Waals surface area contributed by atoms with Crippen molar-refractivity contribution in [3.05, 3.63) is 108 Å². The van der Waals surface area contributed by atoms with E-state index in [1.54, 1.807) is 12.4 Å². The molecule has 2 aromatic carbocycles. The van der Waals surface area contributed by atoms with E-state index in [-0.39, 0.29) is 5.91 Å². The number of nitrogens with one attached hydrogen (secondary N) is 1. The summed E-state index contributed by atoms with van der Waals surface area (Å²) in [6, 6.07) is 26.2. The summed E-state index contributed by atoms with van der Waals surface area (Å²) in [6.45, 7) is 4.83. The van der Waals surface area contributed by atoms with Crippen molar-refractivity contribution in [3.8, 4) is 11.4 Å². The van der Waals surface area contributed by atoms with Gasteiger partial charge in [0.05, 0.1) is 0 Å². The number of carbonyl (C=O) groups excluding carboxylic acids is 1. The molecule has 2 aromatic heterocycles. The summed E-state index contributed by atoms with van der Waals surface area (Å²) < 4.78 is 0. The largest absolute Gasteiger partial charge is 0.353 e. The summed E-state index contributed by atoms with van der Waals surface area (Å²) in [6.07, 6.45) is 4.10. The third-order valence-electron chi connectivity index (χ3n) is 6.36. The third-order valence-corrected chi connectivity index (χ3v) is 6.36. The van der Waals surface area contributed by atoms with Gasteiger partial charge in [0.2, 0.25) is 0 Å². The lowest BCUT2D eigenvalue weighted by Gasteiger charge is -2.36. The Labute approximate surface area is 211 Å². The van der Waals surface area contributed by atoms with Crippen molar-refractivity contribution in [1.29, 1.82) is 0 Å². The molecule has 1 N–H and O–H groups in total. The van der Waals surface area contributed by atoms with Gasteiger partial charge >= 0.3 is 0 Å². The second kappa shape index (κ2) is 11.6. The van der Waals surface area contributed by atoms with E-state index in [4.69, 9.17) is 4.98 Å². The summed E-state index contributed by atoms with van der Waals surface area (Å²) in [5.41, 5.74) is 3.70. The van der Waals surface area contributed by atoms with Crippen molar-refractivity contribution in [1.82, 2.24) is 25.2 Å². The van der Waals surface area contributed by atoms with E-state index < -0.39 is 0 Å². The molecule has 1 aliphatic rings. The van der Waals surface area contributed by atoms with Gasteiger partial charge in [-0.3, -0.25) is 14.7 Å². The first-order chi connectivity index (χ1) is 17.8. The molecule has 0 spiro atoms. The fourth-order valence-electron chi connectivity index (χ4n) is 4.41. The van der Waals surface area contributed by atoms with Gasteiger partial charge in [0.1, 0.15) is 11.4 Å². The minimum absolute atomic E-state index is 0.160. The number of rotatable bonds is 8. The maximum Gasteiger partial charge on any atom is 0.256 e. The highest BCUT2D eigenvalue weighted by Gasteiger charge is 2.24. The molecule has 0 aliphatic carbocycles. The van der Waals surface area contributed by atoms with Crippen LogP contribution in [0.15, 0.2) is 91.3 Å². The summed E-state index contributed by atoms with van der Waals surface area (Å²) in [5.74, 6) is 1.16.